The number of rotatable bonds is 6. The van der Waals surface area contributed by atoms with Gasteiger partial charge in [0.15, 0.2) is 0 Å². The van der Waals surface area contributed by atoms with Crippen molar-refractivity contribution in [2.75, 3.05) is 25.0 Å². The molecule has 18 heavy (non-hydrogen) atoms. The Morgan fingerprint density at radius 2 is 2.00 bits per heavy atom. The summed E-state index contributed by atoms with van der Waals surface area (Å²) in [4.78, 5) is 22.6. The molecule has 1 aromatic rings. The smallest absolute Gasteiger partial charge is 0.319 e. The van der Waals surface area contributed by atoms with Crippen LogP contribution >= 0.6 is 15.9 Å². The topological polar surface area (TPSA) is 67.4 Å². The number of amides is 1. The summed E-state index contributed by atoms with van der Waals surface area (Å²) in [6.45, 7) is 2.15. The number of anilines is 1. The predicted octanol–water partition coefficient (Wildman–Crippen LogP) is 1.54. The van der Waals surface area contributed by atoms with Crippen LogP contribution in [-0.4, -0.2) is 31.6 Å². The molecule has 0 atom stereocenters. The molecule has 0 heterocycles. The molecule has 0 fully saturated rings. The van der Waals surface area contributed by atoms with Crippen molar-refractivity contribution < 1.29 is 14.3 Å². The standard InChI is InChI=1S/C12H15BrN2O3/c1-2-18-12(17)8-14-7-11(16)15-10-6-4-3-5-9(10)13/h3-6,14H,2,7-8H2,1H3,(H,15,16). The van der Waals surface area contributed by atoms with Crippen molar-refractivity contribution in [1.82, 2.24) is 5.32 Å². The molecule has 6 heteroatoms. The maximum Gasteiger partial charge on any atom is 0.319 e. The number of esters is 1. The Labute approximate surface area is 114 Å². The first-order chi connectivity index (χ1) is 8.63. The van der Waals surface area contributed by atoms with Crippen LogP contribution in [0.1, 0.15) is 6.92 Å². The molecule has 98 valence electrons. The molecular weight excluding hydrogens is 300 g/mol. The molecule has 0 aliphatic heterocycles. The van der Waals surface area contributed by atoms with E-state index >= 15 is 0 Å². The van der Waals surface area contributed by atoms with Gasteiger partial charge in [-0.25, -0.2) is 0 Å². The third kappa shape index (κ3) is 5.29. The minimum atomic E-state index is -0.369. The van der Waals surface area contributed by atoms with Crippen molar-refractivity contribution in [2.24, 2.45) is 0 Å². The van der Waals surface area contributed by atoms with Gasteiger partial charge in [0.25, 0.3) is 0 Å². The number of benzene rings is 1. The second-order valence-corrected chi connectivity index (χ2v) is 4.29. The molecule has 2 N–H and O–H groups in total. The largest absolute Gasteiger partial charge is 0.465 e. The van der Waals surface area contributed by atoms with E-state index in [1.165, 1.54) is 0 Å². The number of carbonyl (C=O) groups is 2. The maximum atomic E-state index is 11.6. The summed E-state index contributed by atoms with van der Waals surface area (Å²) in [6, 6.07) is 7.31. The lowest BCUT2D eigenvalue weighted by Gasteiger charge is -2.07. The molecule has 5 nitrogen and oxygen atoms in total. The van der Waals surface area contributed by atoms with Gasteiger partial charge in [-0.05, 0) is 35.0 Å². The van der Waals surface area contributed by atoms with E-state index in [4.69, 9.17) is 4.74 Å². The van der Waals surface area contributed by atoms with Gasteiger partial charge in [-0.3, -0.25) is 14.9 Å². The van der Waals surface area contributed by atoms with E-state index in [0.717, 1.165) is 4.47 Å². The maximum absolute atomic E-state index is 11.6. The van der Waals surface area contributed by atoms with Gasteiger partial charge in [0.1, 0.15) is 0 Å². The third-order valence-corrected chi connectivity index (χ3v) is 2.70. The molecule has 0 unspecified atom stereocenters. The Morgan fingerprint density at radius 1 is 1.28 bits per heavy atom. The van der Waals surface area contributed by atoms with Gasteiger partial charge in [-0.2, -0.15) is 0 Å². The Morgan fingerprint density at radius 3 is 2.67 bits per heavy atom. The monoisotopic (exact) mass is 314 g/mol. The van der Waals surface area contributed by atoms with Gasteiger partial charge in [0.05, 0.1) is 25.4 Å². The number of hydrogen-bond acceptors (Lipinski definition) is 4. The van der Waals surface area contributed by atoms with Crippen molar-refractivity contribution >= 4 is 33.5 Å². The van der Waals surface area contributed by atoms with Gasteiger partial charge in [0.2, 0.25) is 5.91 Å². The van der Waals surface area contributed by atoms with Gasteiger partial charge in [-0.15, -0.1) is 0 Å². The number of halogens is 1. The molecule has 1 aromatic carbocycles. The zero-order valence-electron chi connectivity index (χ0n) is 10.0. The summed E-state index contributed by atoms with van der Waals surface area (Å²) < 4.78 is 5.53. The highest BCUT2D eigenvalue weighted by atomic mass is 79.9. The van der Waals surface area contributed by atoms with E-state index < -0.39 is 0 Å². The molecule has 0 radical (unpaired) electrons. The first kappa shape index (κ1) is 14.7. The minimum Gasteiger partial charge on any atom is -0.465 e. The van der Waals surface area contributed by atoms with Crippen molar-refractivity contribution in [3.05, 3.63) is 28.7 Å². The first-order valence-electron chi connectivity index (χ1n) is 5.54. The minimum absolute atomic E-state index is 0.0250. The van der Waals surface area contributed by atoms with Crippen molar-refractivity contribution in [3.8, 4) is 0 Å². The average Bonchev–Trinajstić information content (AvgIpc) is 2.32. The lowest BCUT2D eigenvalue weighted by molar-refractivity contribution is -0.141. The van der Waals surface area contributed by atoms with E-state index in [1.54, 1.807) is 13.0 Å². The van der Waals surface area contributed by atoms with Gasteiger partial charge in [-0.1, -0.05) is 12.1 Å². The number of ether oxygens (including phenoxy) is 1. The number of hydrogen-bond donors (Lipinski definition) is 2. The Bertz CT molecular complexity index is 424. The molecule has 0 saturated heterocycles. The van der Waals surface area contributed by atoms with Crippen LogP contribution in [-0.2, 0) is 14.3 Å². The average molecular weight is 315 g/mol. The molecule has 0 aromatic heterocycles. The van der Waals surface area contributed by atoms with Crippen LogP contribution in [0.2, 0.25) is 0 Å². The van der Waals surface area contributed by atoms with Crippen LogP contribution in [0.4, 0.5) is 5.69 Å². The molecule has 0 bridgehead atoms. The van der Waals surface area contributed by atoms with Crippen LogP contribution in [0, 0.1) is 0 Å². The SMILES string of the molecule is CCOC(=O)CNCC(=O)Nc1ccccc1Br. The molecule has 0 spiro atoms. The number of carbonyl (C=O) groups excluding carboxylic acids is 2. The second kappa shape index (κ2) is 7.84. The van der Waals surface area contributed by atoms with Gasteiger partial charge in [0, 0.05) is 4.47 Å². The molecule has 1 amide bonds. The fourth-order valence-corrected chi connectivity index (χ4v) is 1.63. The lowest BCUT2D eigenvalue weighted by Crippen LogP contribution is -2.32. The van der Waals surface area contributed by atoms with E-state index in [9.17, 15) is 9.59 Å². The number of para-hydroxylation sites is 1. The van der Waals surface area contributed by atoms with Crippen molar-refractivity contribution in [3.63, 3.8) is 0 Å². The Kier molecular flexibility index (Phi) is 6.38. The highest BCUT2D eigenvalue weighted by Crippen LogP contribution is 2.20. The number of nitrogens with one attached hydrogen (secondary N) is 2. The van der Waals surface area contributed by atoms with Gasteiger partial charge < -0.3 is 10.1 Å². The molecule has 0 aliphatic rings. The van der Waals surface area contributed by atoms with Crippen molar-refractivity contribution in [1.29, 1.82) is 0 Å². The van der Waals surface area contributed by atoms with E-state index in [-0.39, 0.29) is 25.0 Å². The quantitative estimate of drug-likeness (QED) is 0.782. The summed E-state index contributed by atoms with van der Waals surface area (Å²) in [7, 11) is 0. The summed E-state index contributed by atoms with van der Waals surface area (Å²) in [5.74, 6) is -0.586. The first-order valence-corrected chi connectivity index (χ1v) is 6.33. The zero-order chi connectivity index (χ0) is 13.4. The molecule has 0 aliphatic carbocycles. The van der Waals surface area contributed by atoms with Crippen LogP contribution in [0.5, 0.6) is 0 Å². The zero-order valence-corrected chi connectivity index (χ0v) is 11.6. The highest BCUT2D eigenvalue weighted by Gasteiger charge is 2.06. The molecule has 1 rings (SSSR count). The Hall–Kier alpha value is -1.40. The third-order valence-electron chi connectivity index (χ3n) is 2.01. The summed E-state index contributed by atoms with van der Waals surface area (Å²) in [5.41, 5.74) is 0.695. The fraction of sp³-hybridized carbons (Fsp3) is 0.333. The van der Waals surface area contributed by atoms with E-state index in [0.29, 0.717) is 12.3 Å². The van der Waals surface area contributed by atoms with Crippen LogP contribution < -0.4 is 10.6 Å². The molecule has 0 saturated carbocycles. The Balaban J connectivity index is 2.30. The van der Waals surface area contributed by atoms with Crippen LogP contribution in [0.15, 0.2) is 28.7 Å². The van der Waals surface area contributed by atoms with Crippen LogP contribution in [0.3, 0.4) is 0 Å². The highest BCUT2D eigenvalue weighted by molar-refractivity contribution is 9.10. The lowest BCUT2D eigenvalue weighted by atomic mass is 10.3. The van der Waals surface area contributed by atoms with Gasteiger partial charge >= 0.3 is 5.97 Å². The summed E-state index contributed by atoms with van der Waals surface area (Å²) >= 11 is 3.33. The summed E-state index contributed by atoms with van der Waals surface area (Å²) in [5, 5.41) is 5.42. The second-order valence-electron chi connectivity index (χ2n) is 3.44. The normalized spacial score (nSPS) is 9.89. The van der Waals surface area contributed by atoms with E-state index in [2.05, 4.69) is 26.6 Å². The fourth-order valence-electron chi connectivity index (χ4n) is 1.25. The summed E-state index contributed by atoms with van der Waals surface area (Å²) in [6.07, 6.45) is 0. The van der Waals surface area contributed by atoms with Crippen LogP contribution in [0.25, 0.3) is 0 Å². The van der Waals surface area contributed by atoms with E-state index in [1.807, 2.05) is 18.2 Å². The molecular formula is C12H15BrN2O3. The van der Waals surface area contributed by atoms with Crippen molar-refractivity contribution in [2.45, 2.75) is 6.92 Å². The predicted molar refractivity (Wildman–Crippen MR) is 72.3 cm³/mol.